The normalized spacial score (nSPS) is 9.88. The Morgan fingerprint density at radius 2 is 2.00 bits per heavy atom. The highest BCUT2D eigenvalue weighted by molar-refractivity contribution is 6.37. The van der Waals surface area contributed by atoms with Crippen molar-refractivity contribution in [1.29, 1.82) is 0 Å². The summed E-state index contributed by atoms with van der Waals surface area (Å²) in [5.41, 5.74) is 0.460. The lowest BCUT2D eigenvalue weighted by molar-refractivity contribution is -0.116. The van der Waals surface area contributed by atoms with Gasteiger partial charge in [0.1, 0.15) is 0 Å². The summed E-state index contributed by atoms with van der Waals surface area (Å²) in [4.78, 5) is 11.4. The largest absolute Gasteiger partial charge is 0.505 e. The van der Waals surface area contributed by atoms with E-state index in [1.54, 1.807) is 6.08 Å². The van der Waals surface area contributed by atoms with Gasteiger partial charge in [0.2, 0.25) is 5.91 Å². The molecule has 0 aliphatic heterocycles. The zero-order chi connectivity index (χ0) is 12.1. The van der Waals surface area contributed by atoms with Crippen LogP contribution in [0.5, 0.6) is 5.75 Å². The van der Waals surface area contributed by atoms with Crippen LogP contribution in [-0.4, -0.2) is 11.0 Å². The number of phenolic OH excluding ortho intramolecular Hbond substituents is 1. The van der Waals surface area contributed by atoms with Gasteiger partial charge in [0, 0.05) is 12.1 Å². The van der Waals surface area contributed by atoms with Crippen LogP contribution in [0.4, 0.5) is 5.69 Å². The number of hydrogen-bond acceptors (Lipinski definition) is 2. The number of nitrogens with one attached hydrogen (secondary N) is 1. The molecule has 0 radical (unpaired) electrons. The summed E-state index contributed by atoms with van der Waals surface area (Å²) >= 11 is 11.4. The standard InChI is InChI=1S/C11H11Cl2NO2/c1-2-3-4-10(15)14-7-5-8(12)11(16)9(13)6-7/h2,5-6,16H,1,3-4H2,(H,14,15). The first kappa shape index (κ1) is 12.9. The second kappa shape index (κ2) is 5.77. The van der Waals surface area contributed by atoms with Crippen molar-refractivity contribution in [2.75, 3.05) is 5.32 Å². The van der Waals surface area contributed by atoms with Gasteiger partial charge in [-0.1, -0.05) is 29.3 Å². The molecular formula is C11H11Cl2NO2. The SMILES string of the molecule is C=CCCC(=O)Nc1cc(Cl)c(O)c(Cl)c1. The molecule has 0 bridgehead atoms. The van der Waals surface area contributed by atoms with Crippen molar-refractivity contribution in [2.24, 2.45) is 0 Å². The van der Waals surface area contributed by atoms with Gasteiger partial charge >= 0.3 is 0 Å². The molecule has 1 aromatic rings. The molecule has 1 rings (SSSR count). The number of allylic oxidation sites excluding steroid dienone is 1. The first-order valence-corrected chi connectivity index (χ1v) is 5.39. The summed E-state index contributed by atoms with van der Waals surface area (Å²) in [7, 11) is 0. The molecule has 1 amide bonds. The molecule has 1 aromatic carbocycles. The highest BCUT2D eigenvalue weighted by atomic mass is 35.5. The van der Waals surface area contributed by atoms with E-state index in [0.29, 0.717) is 18.5 Å². The van der Waals surface area contributed by atoms with Crippen LogP contribution in [0.15, 0.2) is 24.8 Å². The van der Waals surface area contributed by atoms with Crippen LogP contribution in [0.25, 0.3) is 0 Å². The molecule has 0 aliphatic rings. The number of benzene rings is 1. The molecule has 3 nitrogen and oxygen atoms in total. The Balaban J connectivity index is 2.74. The molecule has 86 valence electrons. The maximum atomic E-state index is 11.4. The van der Waals surface area contributed by atoms with Crippen LogP contribution < -0.4 is 5.32 Å². The molecular weight excluding hydrogens is 249 g/mol. The predicted octanol–water partition coefficient (Wildman–Crippen LogP) is 3.60. The minimum atomic E-state index is -0.188. The number of anilines is 1. The summed E-state index contributed by atoms with van der Waals surface area (Å²) in [6, 6.07) is 2.88. The first-order chi connectivity index (χ1) is 7.54. The molecule has 16 heavy (non-hydrogen) atoms. The Morgan fingerprint density at radius 3 is 2.50 bits per heavy atom. The summed E-state index contributed by atoms with van der Waals surface area (Å²) in [5, 5.41) is 12.1. The number of aromatic hydroxyl groups is 1. The van der Waals surface area contributed by atoms with E-state index in [4.69, 9.17) is 23.2 Å². The van der Waals surface area contributed by atoms with E-state index in [-0.39, 0.29) is 21.7 Å². The smallest absolute Gasteiger partial charge is 0.224 e. The van der Waals surface area contributed by atoms with Crippen molar-refractivity contribution in [3.63, 3.8) is 0 Å². The van der Waals surface area contributed by atoms with Crippen LogP contribution in [-0.2, 0) is 4.79 Å². The minimum Gasteiger partial charge on any atom is -0.505 e. The Bertz CT molecular complexity index is 395. The number of phenols is 1. The second-order valence-electron chi connectivity index (χ2n) is 3.16. The number of carbonyl (C=O) groups is 1. The van der Waals surface area contributed by atoms with Crippen molar-refractivity contribution < 1.29 is 9.90 Å². The number of hydrogen-bond donors (Lipinski definition) is 2. The van der Waals surface area contributed by atoms with E-state index >= 15 is 0 Å². The third-order valence-electron chi connectivity index (χ3n) is 1.88. The van der Waals surface area contributed by atoms with Crippen LogP contribution in [0.2, 0.25) is 10.0 Å². The van der Waals surface area contributed by atoms with Crippen molar-refractivity contribution in [3.05, 3.63) is 34.8 Å². The number of halogens is 2. The van der Waals surface area contributed by atoms with Crippen molar-refractivity contribution in [2.45, 2.75) is 12.8 Å². The van der Waals surface area contributed by atoms with Crippen LogP contribution in [0.1, 0.15) is 12.8 Å². The monoisotopic (exact) mass is 259 g/mol. The van der Waals surface area contributed by atoms with E-state index in [2.05, 4.69) is 11.9 Å². The fourth-order valence-electron chi connectivity index (χ4n) is 1.09. The molecule has 2 N–H and O–H groups in total. The Morgan fingerprint density at radius 1 is 1.44 bits per heavy atom. The lowest BCUT2D eigenvalue weighted by atomic mass is 10.2. The summed E-state index contributed by atoms with van der Waals surface area (Å²) in [6.07, 6.45) is 2.61. The molecule has 0 unspecified atom stereocenters. The van der Waals surface area contributed by atoms with E-state index in [1.807, 2.05) is 0 Å². The summed E-state index contributed by atoms with van der Waals surface area (Å²) in [6.45, 7) is 3.52. The average Bonchev–Trinajstić information content (AvgIpc) is 2.23. The van der Waals surface area contributed by atoms with Crippen LogP contribution in [0.3, 0.4) is 0 Å². The van der Waals surface area contributed by atoms with Crippen molar-refractivity contribution in [3.8, 4) is 5.75 Å². The number of amides is 1. The second-order valence-corrected chi connectivity index (χ2v) is 3.98. The Hall–Kier alpha value is -1.19. The molecule has 0 aliphatic carbocycles. The van der Waals surface area contributed by atoms with Crippen molar-refractivity contribution in [1.82, 2.24) is 0 Å². The third-order valence-corrected chi connectivity index (χ3v) is 2.45. The van der Waals surface area contributed by atoms with Gasteiger partial charge in [0.15, 0.2) is 5.75 Å². The molecule has 0 saturated heterocycles. The van der Waals surface area contributed by atoms with Crippen LogP contribution >= 0.6 is 23.2 Å². The molecule has 0 fully saturated rings. The highest BCUT2D eigenvalue weighted by Gasteiger charge is 2.08. The zero-order valence-electron chi connectivity index (χ0n) is 8.46. The summed E-state index contributed by atoms with van der Waals surface area (Å²) in [5.74, 6) is -0.342. The molecule has 0 heterocycles. The van der Waals surface area contributed by atoms with Crippen molar-refractivity contribution >= 4 is 34.8 Å². The zero-order valence-corrected chi connectivity index (χ0v) is 9.98. The van der Waals surface area contributed by atoms with Gasteiger partial charge < -0.3 is 10.4 Å². The molecule has 5 heteroatoms. The fraction of sp³-hybridized carbons (Fsp3) is 0.182. The molecule has 0 aromatic heterocycles. The maximum absolute atomic E-state index is 11.4. The Labute approximate surface area is 104 Å². The van der Waals surface area contributed by atoms with Crippen LogP contribution in [0, 0.1) is 0 Å². The number of carbonyl (C=O) groups excluding carboxylic acids is 1. The van der Waals surface area contributed by atoms with Gasteiger partial charge in [-0.15, -0.1) is 6.58 Å². The van der Waals surface area contributed by atoms with E-state index in [0.717, 1.165) is 0 Å². The van der Waals surface area contributed by atoms with Gasteiger partial charge in [-0.2, -0.15) is 0 Å². The topological polar surface area (TPSA) is 49.3 Å². The molecule has 0 saturated carbocycles. The van der Waals surface area contributed by atoms with Gasteiger partial charge in [-0.05, 0) is 18.6 Å². The first-order valence-electron chi connectivity index (χ1n) is 4.63. The third kappa shape index (κ3) is 3.43. The summed E-state index contributed by atoms with van der Waals surface area (Å²) < 4.78 is 0. The van der Waals surface area contributed by atoms with Gasteiger partial charge in [0.05, 0.1) is 10.0 Å². The molecule has 0 spiro atoms. The van der Waals surface area contributed by atoms with Gasteiger partial charge in [-0.25, -0.2) is 0 Å². The van der Waals surface area contributed by atoms with E-state index in [1.165, 1.54) is 12.1 Å². The Kier molecular flexibility index (Phi) is 4.65. The lowest BCUT2D eigenvalue weighted by Crippen LogP contribution is -2.10. The van der Waals surface area contributed by atoms with Gasteiger partial charge in [0.25, 0.3) is 0 Å². The minimum absolute atomic E-state index is 0.103. The molecule has 0 atom stereocenters. The predicted molar refractivity (Wildman–Crippen MR) is 66.2 cm³/mol. The fourth-order valence-corrected chi connectivity index (χ4v) is 1.58. The highest BCUT2D eigenvalue weighted by Crippen LogP contribution is 2.34. The van der Waals surface area contributed by atoms with Gasteiger partial charge in [-0.3, -0.25) is 4.79 Å². The quantitative estimate of drug-likeness (QED) is 0.641. The average molecular weight is 260 g/mol. The van der Waals surface area contributed by atoms with E-state index in [9.17, 15) is 9.90 Å². The lowest BCUT2D eigenvalue weighted by Gasteiger charge is -2.07. The van der Waals surface area contributed by atoms with E-state index < -0.39 is 0 Å². The number of rotatable bonds is 4. The maximum Gasteiger partial charge on any atom is 0.224 e.